The number of nitrogens with two attached hydrogens (primary N) is 1. The van der Waals surface area contributed by atoms with Gasteiger partial charge in [-0.1, -0.05) is 12.8 Å². The maximum atomic E-state index is 12.5. The van der Waals surface area contributed by atoms with Gasteiger partial charge in [0.05, 0.1) is 6.61 Å². The van der Waals surface area contributed by atoms with E-state index in [2.05, 4.69) is 4.90 Å². The monoisotopic (exact) mass is 333 g/mol. The van der Waals surface area contributed by atoms with Crippen LogP contribution >= 0.6 is 12.4 Å². The molecule has 1 aliphatic heterocycles. The highest BCUT2D eigenvalue weighted by Crippen LogP contribution is 2.26. The van der Waals surface area contributed by atoms with E-state index in [1.54, 1.807) is 7.11 Å². The minimum atomic E-state index is 0. The highest BCUT2D eigenvalue weighted by Gasteiger charge is 2.27. The Morgan fingerprint density at radius 3 is 2.64 bits per heavy atom. The summed E-state index contributed by atoms with van der Waals surface area (Å²) in [6, 6.07) is 0.230. The first kappa shape index (κ1) is 19.7. The maximum Gasteiger partial charge on any atom is 0.222 e. The summed E-state index contributed by atoms with van der Waals surface area (Å²) in [5, 5.41) is 0. The highest BCUT2D eigenvalue weighted by molar-refractivity contribution is 5.85. The van der Waals surface area contributed by atoms with Crippen LogP contribution in [0.5, 0.6) is 0 Å². The molecule has 0 aromatic carbocycles. The lowest BCUT2D eigenvalue weighted by atomic mass is 9.82. The number of nitrogens with zero attached hydrogens (tertiary/aromatic N) is 2. The lowest BCUT2D eigenvalue weighted by Gasteiger charge is -2.30. The maximum absolute atomic E-state index is 12.5. The minimum absolute atomic E-state index is 0. The summed E-state index contributed by atoms with van der Waals surface area (Å²) < 4.78 is 5.14. The van der Waals surface area contributed by atoms with Crippen LogP contribution in [0, 0.1) is 5.92 Å². The minimum Gasteiger partial charge on any atom is -0.383 e. The van der Waals surface area contributed by atoms with Gasteiger partial charge in [-0.15, -0.1) is 12.4 Å². The zero-order valence-corrected chi connectivity index (χ0v) is 14.7. The molecule has 130 valence electrons. The van der Waals surface area contributed by atoms with E-state index >= 15 is 0 Å². The van der Waals surface area contributed by atoms with Gasteiger partial charge in [-0.25, -0.2) is 0 Å². The van der Waals surface area contributed by atoms with Crippen molar-refractivity contribution in [2.24, 2.45) is 11.7 Å². The number of carbonyl (C=O) groups is 1. The zero-order valence-electron chi connectivity index (χ0n) is 13.8. The van der Waals surface area contributed by atoms with Crippen molar-refractivity contribution in [3.05, 3.63) is 0 Å². The van der Waals surface area contributed by atoms with E-state index in [4.69, 9.17) is 10.5 Å². The van der Waals surface area contributed by atoms with Gasteiger partial charge in [0.2, 0.25) is 5.91 Å². The highest BCUT2D eigenvalue weighted by atomic mass is 35.5. The fraction of sp³-hybridized carbons (Fsp3) is 0.938. The molecule has 2 atom stereocenters. The molecular formula is C16H32ClN3O2. The fourth-order valence-electron chi connectivity index (χ4n) is 3.51. The van der Waals surface area contributed by atoms with Gasteiger partial charge in [-0.3, -0.25) is 9.69 Å². The molecule has 1 amide bonds. The molecule has 2 N–H and O–H groups in total. The first-order valence-electron chi connectivity index (χ1n) is 8.45. The third kappa shape index (κ3) is 6.03. The summed E-state index contributed by atoms with van der Waals surface area (Å²) >= 11 is 0. The van der Waals surface area contributed by atoms with Crippen LogP contribution in [0.2, 0.25) is 0 Å². The Bertz CT molecular complexity index is 331. The number of rotatable bonds is 5. The van der Waals surface area contributed by atoms with Crippen molar-refractivity contribution in [3.8, 4) is 0 Å². The quantitative estimate of drug-likeness (QED) is 0.828. The molecule has 1 saturated heterocycles. The molecule has 0 spiro atoms. The van der Waals surface area contributed by atoms with Crippen molar-refractivity contribution < 1.29 is 9.53 Å². The Hall–Kier alpha value is -0.360. The van der Waals surface area contributed by atoms with Crippen molar-refractivity contribution in [1.82, 2.24) is 9.80 Å². The van der Waals surface area contributed by atoms with E-state index in [1.165, 1.54) is 12.8 Å². The molecule has 0 radical (unpaired) electrons. The second-order valence-electron chi connectivity index (χ2n) is 6.48. The normalized spacial score (nSPS) is 27.1. The van der Waals surface area contributed by atoms with E-state index in [-0.39, 0.29) is 18.4 Å². The van der Waals surface area contributed by atoms with Crippen LogP contribution in [0.4, 0.5) is 0 Å². The van der Waals surface area contributed by atoms with Crippen molar-refractivity contribution in [3.63, 3.8) is 0 Å². The summed E-state index contributed by atoms with van der Waals surface area (Å²) in [6.07, 6.45) is 6.38. The van der Waals surface area contributed by atoms with Gasteiger partial charge in [0, 0.05) is 45.8 Å². The number of hydrogen-bond acceptors (Lipinski definition) is 4. The van der Waals surface area contributed by atoms with Gasteiger partial charge in [-0.05, 0) is 31.7 Å². The lowest BCUT2D eigenvalue weighted by Crippen LogP contribution is -2.40. The number of halogens is 1. The third-order valence-corrected chi connectivity index (χ3v) is 4.96. The average Bonchev–Trinajstić information content (AvgIpc) is 2.73. The molecule has 2 aliphatic rings. The first-order valence-corrected chi connectivity index (χ1v) is 8.45. The van der Waals surface area contributed by atoms with Gasteiger partial charge in [0.1, 0.15) is 0 Å². The Kier molecular flexibility index (Phi) is 9.33. The molecular weight excluding hydrogens is 302 g/mol. The molecule has 0 bridgehead atoms. The molecule has 1 saturated carbocycles. The van der Waals surface area contributed by atoms with E-state index < -0.39 is 0 Å². The van der Waals surface area contributed by atoms with Crippen LogP contribution in [0.1, 0.15) is 38.5 Å². The Morgan fingerprint density at radius 1 is 1.14 bits per heavy atom. The van der Waals surface area contributed by atoms with Gasteiger partial charge in [0.15, 0.2) is 0 Å². The number of ether oxygens (including phenoxy) is 1. The third-order valence-electron chi connectivity index (χ3n) is 4.96. The molecule has 0 aromatic heterocycles. The number of amides is 1. The van der Waals surface area contributed by atoms with Gasteiger partial charge in [-0.2, -0.15) is 0 Å². The van der Waals surface area contributed by atoms with Crippen LogP contribution < -0.4 is 5.73 Å². The van der Waals surface area contributed by atoms with Crippen molar-refractivity contribution in [1.29, 1.82) is 0 Å². The number of methoxy groups -OCH3 is 1. The van der Waals surface area contributed by atoms with Gasteiger partial charge >= 0.3 is 0 Å². The largest absolute Gasteiger partial charge is 0.383 e. The van der Waals surface area contributed by atoms with Crippen LogP contribution in [0.25, 0.3) is 0 Å². The lowest BCUT2D eigenvalue weighted by molar-refractivity contribution is -0.132. The SMILES string of the molecule is COCCN1CCCN(C(=O)CC2CCCCC2N)CC1.Cl. The Labute approximate surface area is 140 Å². The molecule has 2 fully saturated rings. The van der Waals surface area contributed by atoms with Crippen molar-refractivity contribution >= 4 is 18.3 Å². The average molecular weight is 334 g/mol. The predicted molar refractivity (Wildman–Crippen MR) is 91.3 cm³/mol. The van der Waals surface area contributed by atoms with Gasteiger partial charge in [0.25, 0.3) is 0 Å². The van der Waals surface area contributed by atoms with E-state index in [0.717, 1.165) is 58.6 Å². The van der Waals surface area contributed by atoms with Crippen molar-refractivity contribution in [2.45, 2.75) is 44.6 Å². The Morgan fingerprint density at radius 2 is 1.91 bits per heavy atom. The van der Waals surface area contributed by atoms with Crippen LogP contribution in [0.3, 0.4) is 0 Å². The van der Waals surface area contributed by atoms with E-state index in [0.29, 0.717) is 18.2 Å². The second-order valence-corrected chi connectivity index (χ2v) is 6.48. The topological polar surface area (TPSA) is 58.8 Å². The fourth-order valence-corrected chi connectivity index (χ4v) is 3.51. The standard InChI is InChI=1S/C16H31N3O2.ClH/c1-21-12-11-18-7-4-8-19(10-9-18)16(20)13-14-5-2-3-6-15(14)17;/h14-15H,2-13,17H2,1H3;1H. The van der Waals surface area contributed by atoms with Gasteiger partial charge < -0.3 is 15.4 Å². The predicted octanol–water partition coefficient (Wildman–Crippen LogP) is 1.50. The van der Waals surface area contributed by atoms with E-state index in [9.17, 15) is 4.79 Å². The Balaban J connectivity index is 0.00000242. The molecule has 1 aliphatic carbocycles. The molecule has 22 heavy (non-hydrogen) atoms. The van der Waals surface area contributed by atoms with E-state index in [1.807, 2.05) is 4.90 Å². The molecule has 0 aromatic rings. The van der Waals surface area contributed by atoms with Crippen LogP contribution in [0.15, 0.2) is 0 Å². The summed E-state index contributed by atoms with van der Waals surface area (Å²) in [7, 11) is 1.74. The van der Waals surface area contributed by atoms with Crippen molar-refractivity contribution in [2.75, 3.05) is 46.4 Å². The molecule has 1 heterocycles. The molecule has 2 unspecified atom stereocenters. The first-order chi connectivity index (χ1) is 10.2. The molecule has 6 heteroatoms. The second kappa shape index (κ2) is 10.4. The number of carbonyl (C=O) groups excluding carboxylic acids is 1. The molecule has 5 nitrogen and oxygen atoms in total. The van der Waals surface area contributed by atoms with Crippen LogP contribution in [-0.2, 0) is 9.53 Å². The smallest absolute Gasteiger partial charge is 0.222 e. The summed E-state index contributed by atoms with van der Waals surface area (Å²) in [5.41, 5.74) is 6.17. The van der Waals surface area contributed by atoms with Crippen LogP contribution in [-0.4, -0.2) is 68.2 Å². The number of hydrogen-bond donors (Lipinski definition) is 1. The summed E-state index contributed by atoms with van der Waals surface area (Å²) in [4.78, 5) is 17.0. The zero-order chi connectivity index (χ0) is 15.1. The summed E-state index contributed by atoms with van der Waals surface area (Å²) in [6.45, 7) is 5.51. The molecule has 2 rings (SSSR count). The summed E-state index contributed by atoms with van der Waals surface area (Å²) in [5.74, 6) is 0.713.